The molecule has 2 rings (SSSR count). The molecule has 4 nitrogen and oxygen atoms in total. The second-order valence-corrected chi connectivity index (χ2v) is 7.15. The Morgan fingerprint density at radius 3 is 2.71 bits per heavy atom. The van der Waals surface area contributed by atoms with Gasteiger partial charge >= 0.3 is 4.87 Å². The van der Waals surface area contributed by atoms with Crippen LogP contribution in [-0.2, 0) is 15.6 Å². The van der Waals surface area contributed by atoms with Crippen molar-refractivity contribution in [2.24, 2.45) is 0 Å². The summed E-state index contributed by atoms with van der Waals surface area (Å²) in [6.45, 7) is 2.61. The van der Waals surface area contributed by atoms with Gasteiger partial charge in [0.05, 0.1) is 15.1 Å². The molecule has 0 atom stereocenters. The molecule has 0 spiro atoms. The molecule has 2 aromatic rings. The summed E-state index contributed by atoms with van der Waals surface area (Å²) < 4.78 is 24.6. The zero-order chi connectivity index (χ0) is 12.6. The van der Waals surface area contributed by atoms with Crippen molar-refractivity contribution in [3.63, 3.8) is 0 Å². The number of hydrogen-bond acceptors (Lipinski definition) is 4. The SMILES string of the molecule is CCCn1c(=O)sc2cc(S(=O)(=O)Cl)ccc21. The highest BCUT2D eigenvalue weighted by Gasteiger charge is 2.13. The lowest BCUT2D eigenvalue weighted by molar-refractivity contribution is 0.609. The van der Waals surface area contributed by atoms with Crippen LogP contribution in [0.1, 0.15) is 13.3 Å². The van der Waals surface area contributed by atoms with Crippen molar-refractivity contribution in [2.45, 2.75) is 24.8 Å². The average molecular weight is 292 g/mol. The van der Waals surface area contributed by atoms with Crippen LogP contribution < -0.4 is 4.87 Å². The monoisotopic (exact) mass is 291 g/mol. The van der Waals surface area contributed by atoms with Crippen LogP contribution in [0.3, 0.4) is 0 Å². The molecule has 0 saturated heterocycles. The number of hydrogen-bond donors (Lipinski definition) is 0. The molecule has 1 aromatic heterocycles. The number of thiazole rings is 1. The van der Waals surface area contributed by atoms with Gasteiger partial charge in [0.2, 0.25) is 0 Å². The number of fused-ring (bicyclic) bond motifs is 1. The predicted octanol–water partition coefficient (Wildman–Crippen LogP) is 2.40. The summed E-state index contributed by atoms with van der Waals surface area (Å²) in [5, 5.41) is 0. The van der Waals surface area contributed by atoms with E-state index >= 15 is 0 Å². The number of aryl methyl sites for hydroxylation is 1. The quantitative estimate of drug-likeness (QED) is 0.816. The van der Waals surface area contributed by atoms with Gasteiger partial charge in [-0.05, 0) is 24.6 Å². The topological polar surface area (TPSA) is 56.1 Å². The van der Waals surface area contributed by atoms with Gasteiger partial charge in [-0.15, -0.1) is 0 Å². The molecule has 17 heavy (non-hydrogen) atoms. The van der Waals surface area contributed by atoms with Gasteiger partial charge in [-0.25, -0.2) is 8.42 Å². The van der Waals surface area contributed by atoms with E-state index in [-0.39, 0.29) is 9.77 Å². The summed E-state index contributed by atoms with van der Waals surface area (Å²) in [6, 6.07) is 4.48. The Hall–Kier alpha value is -0.850. The highest BCUT2D eigenvalue weighted by atomic mass is 35.7. The minimum absolute atomic E-state index is 0.0246. The first-order valence-corrected chi connectivity index (χ1v) is 8.14. The van der Waals surface area contributed by atoms with E-state index in [4.69, 9.17) is 10.7 Å². The highest BCUT2D eigenvalue weighted by molar-refractivity contribution is 8.13. The second kappa shape index (κ2) is 4.44. The molecule has 7 heteroatoms. The zero-order valence-corrected chi connectivity index (χ0v) is 11.4. The molecule has 0 N–H and O–H groups in total. The molecule has 0 radical (unpaired) electrons. The zero-order valence-electron chi connectivity index (χ0n) is 9.01. The molecule has 0 saturated carbocycles. The van der Waals surface area contributed by atoms with Crippen molar-refractivity contribution >= 4 is 41.3 Å². The van der Waals surface area contributed by atoms with E-state index in [0.717, 1.165) is 23.3 Å². The molecule has 0 unspecified atom stereocenters. The van der Waals surface area contributed by atoms with Gasteiger partial charge in [0.25, 0.3) is 9.05 Å². The molecular weight excluding hydrogens is 282 g/mol. The predicted molar refractivity (Wildman–Crippen MR) is 69.4 cm³/mol. The Bertz CT molecular complexity index is 715. The van der Waals surface area contributed by atoms with Crippen LogP contribution in [0.5, 0.6) is 0 Å². The molecule has 92 valence electrons. The molecule has 0 aliphatic heterocycles. The fraction of sp³-hybridized carbons (Fsp3) is 0.300. The Morgan fingerprint density at radius 2 is 2.12 bits per heavy atom. The van der Waals surface area contributed by atoms with E-state index in [1.807, 2.05) is 6.92 Å². The second-order valence-electron chi connectivity index (χ2n) is 3.59. The van der Waals surface area contributed by atoms with Crippen molar-refractivity contribution < 1.29 is 8.42 Å². The summed E-state index contributed by atoms with van der Waals surface area (Å²) >= 11 is 1.03. The van der Waals surface area contributed by atoms with Gasteiger partial charge in [-0.3, -0.25) is 9.36 Å². The Labute approximate surface area is 107 Å². The minimum atomic E-state index is -3.74. The van der Waals surface area contributed by atoms with Crippen LogP contribution >= 0.6 is 22.0 Å². The molecule has 0 amide bonds. The number of aromatic nitrogens is 1. The summed E-state index contributed by atoms with van der Waals surface area (Å²) in [5.74, 6) is 0. The van der Waals surface area contributed by atoms with E-state index in [9.17, 15) is 13.2 Å². The number of rotatable bonds is 3. The Morgan fingerprint density at radius 1 is 1.41 bits per heavy atom. The third-order valence-electron chi connectivity index (χ3n) is 2.37. The maximum Gasteiger partial charge on any atom is 0.308 e. The molecule has 0 bridgehead atoms. The normalized spacial score (nSPS) is 12.1. The van der Waals surface area contributed by atoms with Gasteiger partial charge < -0.3 is 0 Å². The minimum Gasteiger partial charge on any atom is -0.299 e. The average Bonchev–Trinajstić information content (AvgIpc) is 2.54. The van der Waals surface area contributed by atoms with Crippen molar-refractivity contribution in [3.05, 3.63) is 27.9 Å². The van der Waals surface area contributed by atoms with Crippen LogP contribution in [0.15, 0.2) is 27.9 Å². The van der Waals surface area contributed by atoms with Gasteiger partial charge in [0, 0.05) is 17.2 Å². The first-order chi connectivity index (χ1) is 7.93. The van der Waals surface area contributed by atoms with Crippen molar-refractivity contribution in [1.82, 2.24) is 4.57 Å². The van der Waals surface area contributed by atoms with Gasteiger partial charge in [-0.2, -0.15) is 0 Å². The van der Waals surface area contributed by atoms with E-state index in [0.29, 0.717) is 11.2 Å². The van der Waals surface area contributed by atoms with Crippen LogP contribution in [-0.4, -0.2) is 13.0 Å². The van der Waals surface area contributed by atoms with Gasteiger partial charge in [0.1, 0.15) is 0 Å². The molecule has 0 aliphatic carbocycles. The van der Waals surface area contributed by atoms with Crippen LogP contribution in [0.4, 0.5) is 0 Å². The smallest absolute Gasteiger partial charge is 0.299 e. The first kappa shape index (κ1) is 12.6. The molecular formula is C10H10ClNO3S2. The van der Waals surface area contributed by atoms with Crippen LogP contribution in [0.25, 0.3) is 10.2 Å². The maximum atomic E-state index is 11.7. The third kappa shape index (κ3) is 2.38. The van der Waals surface area contributed by atoms with Gasteiger partial charge in [0.15, 0.2) is 0 Å². The lowest BCUT2D eigenvalue weighted by Crippen LogP contribution is -2.11. The fourth-order valence-corrected chi connectivity index (χ4v) is 3.44. The maximum absolute atomic E-state index is 11.7. The van der Waals surface area contributed by atoms with E-state index < -0.39 is 9.05 Å². The van der Waals surface area contributed by atoms with E-state index in [2.05, 4.69) is 0 Å². The van der Waals surface area contributed by atoms with E-state index in [1.54, 1.807) is 10.6 Å². The standard InChI is InChI=1S/C10H10ClNO3S2/c1-2-5-12-8-4-3-7(17(11,14)15)6-9(8)16-10(12)13/h3-4,6H,2,5H2,1H3. The van der Waals surface area contributed by atoms with Gasteiger partial charge in [-0.1, -0.05) is 18.3 Å². The number of halogens is 1. The molecule has 1 aromatic carbocycles. The fourth-order valence-electron chi connectivity index (χ4n) is 1.63. The summed E-state index contributed by atoms with van der Waals surface area (Å²) in [5.41, 5.74) is 0.755. The summed E-state index contributed by atoms with van der Waals surface area (Å²) in [6.07, 6.45) is 0.849. The molecule has 0 fully saturated rings. The van der Waals surface area contributed by atoms with E-state index in [1.165, 1.54) is 12.1 Å². The first-order valence-electron chi connectivity index (χ1n) is 5.01. The number of benzene rings is 1. The van der Waals surface area contributed by atoms with Crippen molar-refractivity contribution in [3.8, 4) is 0 Å². The summed E-state index contributed by atoms with van der Waals surface area (Å²) in [7, 11) is 1.52. The lowest BCUT2D eigenvalue weighted by Gasteiger charge is -2.01. The van der Waals surface area contributed by atoms with Crippen LogP contribution in [0, 0.1) is 0 Å². The Kier molecular flexibility index (Phi) is 3.29. The van der Waals surface area contributed by atoms with Crippen molar-refractivity contribution in [1.29, 1.82) is 0 Å². The molecule has 0 aliphatic rings. The lowest BCUT2D eigenvalue weighted by atomic mass is 10.3. The summed E-state index contributed by atoms with van der Waals surface area (Å²) in [4.78, 5) is 11.6. The van der Waals surface area contributed by atoms with Crippen LogP contribution in [0.2, 0.25) is 0 Å². The highest BCUT2D eigenvalue weighted by Crippen LogP contribution is 2.23. The number of nitrogens with zero attached hydrogens (tertiary/aromatic N) is 1. The van der Waals surface area contributed by atoms with Crippen molar-refractivity contribution in [2.75, 3.05) is 0 Å². The largest absolute Gasteiger partial charge is 0.308 e. The Balaban J connectivity index is 2.70. The third-order valence-corrected chi connectivity index (χ3v) is 4.66. The molecule has 1 heterocycles.